The molecule has 0 saturated heterocycles. The molecular weight excluding hydrogens is 262 g/mol. The van der Waals surface area contributed by atoms with Gasteiger partial charge in [-0.2, -0.15) is 8.42 Å². The predicted octanol–water partition coefficient (Wildman–Crippen LogP) is 2.51. The lowest BCUT2D eigenvalue weighted by molar-refractivity contribution is 0.351. The maximum absolute atomic E-state index is 13.0. The van der Waals surface area contributed by atoms with E-state index in [4.69, 9.17) is 16.3 Å². The van der Waals surface area contributed by atoms with Crippen molar-refractivity contribution in [3.8, 4) is 5.75 Å². The van der Waals surface area contributed by atoms with Crippen LogP contribution in [0.4, 0.5) is 8.28 Å². The Balaban J connectivity index is 2.60. The lowest BCUT2D eigenvalue weighted by Gasteiger charge is -2.16. The minimum atomic E-state index is -4.82. The van der Waals surface area contributed by atoms with Gasteiger partial charge in [-0.05, 0) is 18.2 Å². The predicted molar refractivity (Wildman–Crippen MR) is 54.9 cm³/mol. The molecule has 0 saturated carbocycles. The van der Waals surface area contributed by atoms with Gasteiger partial charge in [0.25, 0.3) is 0 Å². The summed E-state index contributed by atoms with van der Waals surface area (Å²) in [5.41, 5.74) is 0.104. The van der Waals surface area contributed by atoms with Crippen molar-refractivity contribution in [3.05, 3.63) is 33.4 Å². The number of fused-ring (bicyclic) bond motifs is 1. The topological polar surface area (TPSA) is 43.4 Å². The van der Waals surface area contributed by atoms with Gasteiger partial charge in [0.15, 0.2) is 0 Å². The van der Waals surface area contributed by atoms with Gasteiger partial charge in [-0.15, -0.1) is 3.89 Å². The molecule has 7 heteroatoms. The van der Waals surface area contributed by atoms with E-state index in [-0.39, 0.29) is 16.3 Å². The van der Waals surface area contributed by atoms with Crippen molar-refractivity contribution in [1.29, 1.82) is 0 Å². The smallest absolute Gasteiger partial charge is 0.331 e. The Labute approximate surface area is 95.5 Å². The van der Waals surface area contributed by atoms with E-state index in [1.807, 2.05) is 0 Å². The molecule has 1 aromatic rings. The first-order chi connectivity index (χ1) is 7.38. The van der Waals surface area contributed by atoms with Gasteiger partial charge in [-0.25, -0.2) is 4.39 Å². The fraction of sp³-hybridized carbons (Fsp3) is 0.111. The average Bonchev–Trinajstić information content (AvgIpc) is 2.15. The second-order valence-electron chi connectivity index (χ2n) is 3.14. The second kappa shape index (κ2) is 3.71. The fourth-order valence-corrected chi connectivity index (χ4v) is 2.07. The largest absolute Gasteiger partial charge is 0.486 e. The molecule has 0 atom stereocenters. The Kier molecular flexibility index (Phi) is 2.63. The molecular formula is C9H5ClF2O3S. The summed E-state index contributed by atoms with van der Waals surface area (Å²) in [6, 6.07) is 2.05. The zero-order valence-electron chi connectivity index (χ0n) is 7.71. The molecule has 1 aliphatic rings. The van der Waals surface area contributed by atoms with Crippen molar-refractivity contribution < 1.29 is 21.4 Å². The maximum Gasteiger partial charge on any atom is 0.331 e. The molecule has 0 bridgehead atoms. The summed E-state index contributed by atoms with van der Waals surface area (Å²) in [5, 5.41) is 0.0153. The molecule has 0 radical (unpaired) electrons. The Bertz CT molecular complexity index is 581. The zero-order valence-corrected chi connectivity index (χ0v) is 9.28. The van der Waals surface area contributed by atoms with Crippen molar-refractivity contribution in [2.75, 3.05) is 6.61 Å². The standard InChI is InChI=1S/C9H5ClF2O3S/c10-8-3-6(11)1-5-2-7(16(12,13)14)4-15-9(5)8/h1-3H,4H2. The van der Waals surface area contributed by atoms with Gasteiger partial charge < -0.3 is 4.74 Å². The molecule has 16 heavy (non-hydrogen) atoms. The van der Waals surface area contributed by atoms with Crippen molar-refractivity contribution in [3.63, 3.8) is 0 Å². The quantitative estimate of drug-likeness (QED) is 0.734. The molecule has 1 aromatic carbocycles. The highest BCUT2D eigenvalue weighted by molar-refractivity contribution is 7.90. The first-order valence-electron chi connectivity index (χ1n) is 4.15. The van der Waals surface area contributed by atoms with Crippen LogP contribution >= 0.6 is 11.6 Å². The van der Waals surface area contributed by atoms with E-state index in [9.17, 15) is 16.7 Å². The van der Waals surface area contributed by atoms with Gasteiger partial charge in [0, 0.05) is 5.56 Å². The van der Waals surface area contributed by atoms with Crippen LogP contribution in [0.2, 0.25) is 5.02 Å². The van der Waals surface area contributed by atoms with Gasteiger partial charge in [-0.3, -0.25) is 0 Å². The van der Waals surface area contributed by atoms with Crippen LogP contribution in [0.5, 0.6) is 5.75 Å². The van der Waals surface area contributed by atoms with E-state index in [2.05, 4.69) is 0 Å². The summed E-state index contributed by atoms with van der Waals surface area (Å²) in [6.45, 7) is -0.447. The van der Waals surface area contributed by atoms with Crippen LogP contribution in [0, 0.1) is 5.82 Å². The van der Waals surface area contributed by atoms with Gasteiger partial charge in [0.2, 0.25) is 0 Å². The SMILES string of the molecule is O=S(=O)(F)C1=Cc2cc(F)cc(Cl)c2OC1. The Morgan fingerprint density at radius 2 is 2.06 bits per heavy atom. The van der Waals surface area contributed by atoms with Crippen LogP contribution in [0.1, 0.15) is 5.56 Å². The van der Waals surface area contributed by atoms with E-state index < -0.39 is 27.6 Å². The Morgan fingerprint density at radius 3 is 2.69 bits per heavy atom. The van der Waals surface area contributed by atoms with E-state index in [1.54, 1.807) is 0 Å². The van der Waals surface area contributed by atoms with Gasteiger partial charge in [0.1, 0.15) is 23.1 Å². The first-order valence-corrected chi connectivity index (χ1v) is 5.91. The molecule has 1 heterocycles. The highest BCUT2D eigenvalue weighted by Crippen LogP contribution is 2.35. The third-order valence-corrected chi connectivity index (χ3v) is 3.17. The van der Waals surface area contributed by atoms with Gasteiger partial charge in [0.05, 0.1) is 5.02 Å². The first kappa shape index (κ1) is 11.3. The van der Waals surface area contributed by atoms with Crippen LogP contribution in [-0.4, -0.2) is 15.0 Å². The van der Waals surface area contributed by atoms with Crippen LogP contribution in [0.25, 0.3) is 6.08 Å². The van der Waals surface area contributed by atoms with E-state index in [1.165, 1.54) is 0 Å². The van der Waals surface area contributed by atoms with Crippen molar-refractivity contribution >= 4 is 27.9 Å². The number of hydrogen-bond acceptors (Lipinski definition) is 3. The minimum absolute atomic E-state index is 0.0153. The lowest BCUT2D eigenvalue weighted by atomic mass is 10.1. The Morgan fingerprint density at radius 1 is 1.38 bits per heavy atom. The second-order valence-corrected chi connectivity index (χ2v) is 4.95. The van der Waals surface area contributed by atoms with E-state index >= 15 is 0 Å². The molecule has 2 rings (SSSR count). The summed E-state index contributed by atoms with van der Waals surface area (Å²) in [6.07, 6.45) is 1.00. The molecule has 0 aromatic heterocycles. The van der Waals surface area contributed by atoms with Gasteiger partial charge in [-0.1, -0.05) is 11.6 Å². The van der Waals surface area contributed by atoms with Gasteiger partial charge >= 0.3 is 10.2 Å². The average molecular weight is 267 g/mol. The van der Waals surface area contributed by atoms with Crippen LogP contribution in [0.15, 0.2) is 17.0 Å². The minimum Gasteiger partial charge on any atom is -0.486 e. The van der Waals surface area contributed by atoms with Crippen molar-refractivity contribution in [2.45, 2.75) is 0 Å². The van der Waals surface area contributed by atoms with Crippen molar-refractivity contribution in [1.82, 2.24) is 0 Å². The molecule has 0 amide bonds. The molecule has 0 aliphatic carbocycles. The molecule has 0 unspecified atom stereocenters. The summed E-state index contributed by atoms with van der Waals surface area (Å²) >= 11 is 5.67. The molecule has 1 aliphatic heterocycles. The number of hydrogen-bond donors (Lipinski definition) is 0. The number of halogens is 3. The zero-order chi connectivity index (χ0) is 11.9. The maximum atomic E-state index is 13.0. The molecule has 86 valence electrons. The third kappa shape index (κ3) is 2.03. The summed E-state index contributed by atoms with van der Waals surface area (Å²) in [5.74, 6) is -0.503. The van der Waals surface area contributed by atoms with Crippen molar-refractivity contribution in [2.24, 2.45) is 0 Å². The van der Waals surface area contributed by atoms with E-state index in [0.29, 0.717) is 0 Å². The molecule has 0 spiro atoms. The third-order valence-electron chi connectivity index (χ3n) is 2.03. The van der Waals surface area contributed by atoms with Crippen LogP contribution < -0.4 is 4.74 Å². The number of rotatable bonds is 1. The molecule has 3 nitrogen and oxygen atoms in total. The van der Waals surface area contributed by atoms with Crippen LogP contribution in [-0.2, 0) is 10.2 Å². The summed E-state index contributed by atoms with van der Waals surface area (Å²) < 4.78 is 51.8. The van der Waals surface area contributed by atoms with Crippen LogP contribution in [0.3, 0.4) is 0 Å². The highest BCUT2D eigenvalue weighted by atomic mass is 35.5. The fourth-order valence-electron chi connectivity index (χ4n) is 1.34. The number of ether oxygens (including phenoxy) is 1. The summed E-state index contributed by atoms with van der Waals surface area (Å²) in [7, 11) is -4.82. The van der Waals surface area contributed by atoms with E-state index in [0.717, 1.165) is 18.2 Å². The number of benzene rings is 1. The Hall–Kier alpha value is -1.14. The monoisotopic (exact) mass is 266 g/mol. The summed E-state index contributed by atoms with van der Waals surface area (Å²) in [4.78, 5) is -0.554. The lowest BCUT2D eigenvalue weighted by Crippen LogP contribution is -2.12. The highest BCUT2D eigenvalue weighted by Gasteiger charge is 2.23. The molecule has 0 N–H and O–H groups in total. The normalized spacial score (nSPS) is 15.1. The molecule has 0 fully saturated rings.